The first-order valence-electron chi connectivity index (χ1n) is 5.92. The summed E-state index contributed by atoms with van der Waals surface area (Å²) < 4.78 is 0. The average Bonchev–Trinajstić information content (AvgIpc) is 2.09. The SMILES string of the molecule is CCCC/C=C\CCCCC(C)C. The third-order valence-electron chi connectivity index (χ3n) is 2.29. The molecular formula is C13H26. The predicted octanol–water partition coefficient (Wildman–Crippen LogP) is 4.95. The second kappa shape index (κ2) is 9.83. The van der Waals surface area contributed by atoms with Gasteiger partial charge in [-0.1, -0.05) is 58.6 Å². The molecule has 0 amide bonds. The summed E-state index contributed by atoms with van der Waals surface area (Å²) in [4.78, 5) is 0. The lowest BCUT2D eigenvalue weighted by molar-refractivity contribution is 0.540. The molecule has 13 heavy (non-hydrogen) atoms. The normalized spacial score (nSPS) is 11.7. The van der Waals surface area contributed by atoms with Crippen LogP contribution in [0.2, 0.25) is 0 Å². The number of unbranched alkanes of at least 4 members (excludes halogenated alkanes) is 4. The van der Waals surface area contributed by atoms with Crippen molar-refractivity contribution in [2.45, 2.75) is 65.7 Å². The largest absolute Gasteiger partial charge is 0.0885 e. The van der Waals surface area contributed by atoms with Crippen LogP contribution < -0.4 is 0 Å². The summed E-state index contributed by atoms with van der Waals surface area (Å²) in [5, 5.41) is 0. The van der Waals surface area contributed by atoms with Crippen LogP contribution in [0.15, 0.2) is 12.2 Å². The Morgan fingerprint density at radius 1 is 0.923 bits per heavy atom. The van der Waals surface area contributed by atoms with Crippen LogP contribution in [-0.2, 0) is 0 Å². The van der Waals surface area contributed by atoms with Crippen molar-refractivity contribution in [3.05, 3.63) is 12.2 Å². The van der Waals surface area contributed by atoms with Gasteiger partial charge in [-0.3, -0.25) is 0 Å². The summed E-state index contributed by atoms with van der Waals surface area (Å²) in [5.74, 6) is 0.879. The molecule has 0 bridgehead atoms. The minimum absolute atomic E-state index is 0.879. The standard InChI is InChI=1S/C13H26/c1-4-5-6-7-8-9-10-11-12-13(2)3/h7-8,13H,4-6,9-12H2,1-3H3/b8-7-. The van der Waals surface area contributed by atoms with Crippen molar-refractivity contribution in [3.63, 3.8) is 0 Å². The molecule has 0 aliphatic carbocycles. The highest BCUT2D eigenvalue weighted by atomic mass is 14.0. The van der Waals surface area contributed by atoms with Crippen molar-refractivity contribution in [2.24, 2.45) is 5.92 Å². The van der Waals surface area contributed by atoms with Crippen LogP contribution in [-0.4, -0.2) is 0 Å². The van der Waals surface area contributed by atoms with E-state index in [4.69, 9.17) is 0 Å². The molecule has 0 atom stereocenters. The maximum atomic E-state index is 2.36. The highest BCUT2D eigenvalue weighted by molar-refractivity contribution is 4.81. The van der Waals surface area contributed by atoms with E-state index in [1.807, 2.05) is 0 Å². The summed E-state index contributed by atoms with van der Waals surface area (Å²) in [6.07, 6.45) is 14.1. The quantitative estimate of drug-likeness (QED) is 0.368. The van der Waals surface area contributed by atoms with E-state index in [1.165, 1.54) is 44.9 Å². The summed E-state index contributed by atoms with van der Waals surface area (Å²) >= 11 is 0. The molecule has 0 rings (SSSR count). The zero-order valence-electron chi connectivity index (χ0n) is 9.68. The van der Waals surface area contributed by atoms with Gasteiger partial charge in [-0.2, -0.15) is 0 Å². The fraction of sp³-hybridized carbons (Fsp3) is 0.846. The highest BCUT2D eigenvalue weighted by Crippen LogP contribution is 2.08. The predicted molar refractivity (Wildman–Crippen MR) is 62.0 cm³/mol. The van der Waals surface area contributed by atoms with E-state index >= 15 is 0 Å². The van der Waals surface area contributed by atoms with Gasteiger partial charge in [0.1, 0.15) is 0 Å². The lowest BCUT2D eigenvalue weighted by Gasteiger charge is -2.01. The van der Waals surface area contributed by atoms with Gasteiger partial charge in [0, 0.05) is 0 Å². The van der Waals surface area contributed by atoms with Crippen LogP contribution in [0.5, 0.6) is 0 Å². The molecule has 0 aliphatic heterocycles. The van der Waals surface area contributed by atoms with Gasteiger partial charge in [0.05, 0.1) is 0 Å². The molecule has 0 aliphatic rings. The number of rotatable bonds is 8. The Hall–Kier alpha value is -0.260. The summed E-state index contributed by atoms with van der Waals surface area (Å²) in [7, 11) is 0. The number of allylic oxidation sites excluding steroid dienone is 2. The number of hydrogen-bond acceptors (Lipinski definition) is 0. The Balaban J connectivity index is 3.02. The van der Waals surface area contributed by atoms with E-state index in [2.05, 4.69) is 32.9 Å². The van der Waals surface area contributed by atoms with E-state index in [0.29, 0.717) is 0 Å². The van der Waals surface area contributed by atoms with Gasteiger partial charge in [-0.05, 0) is 25.2 Å². The highest BCUT2D eigenvalue weighted by Gasteiger charge is 1.91. The van der Waals surface area contributed by atoms with Crippen LogP contribution in [0.3, 0.4) is 0 Å². The molecular weight excluding hydrogens is 156 g/mol. The molecule has 0 nitrogen and oxygen atoms in total. The van der Waals surface area contributed by atoms with E-state index in [-0.39, 0.29) is 0 Å². The zero-order valence-corrected chi connectivity index (χ0v) is 9.68. The van der Waals surface area contributed by atoms with E-state index in [1.54, 1.807) is 0 Å². The smallest absolute Gasteiger partial charge is 0.0351 e. The van der Waals surface area contributed by atoms with Crippen LogP contribution >= 0.6 is 0 Å². The lowest BCUT2D eigenvalue weighted by Crippen LogP contribution is -1.85. The molecule has 0 saturated heterocycles. The minimum Gasteiger partial charge on any atom is -0.0885 e. The molecule has 0 spiro atoms. The van der Waals surface area contributed by atoms with Gasteiger partial charge in [-0.25, -0.2) is 0 Å². The summed E-state index contributed by atoms with van der Waals surface area (Å²) in [6, 6.07) is 0. The Kier molecular flexibility index (Phi) is 9.63. The first kappa shape index (κ1) is 12.7. The fourth-order valence-electron chi connectivity index (χ4n) is 1.37. The molecule has 0 aromatic carbocycles. The van der Waals surface area contributed by atoms with Crippen molar-refractivity contribution >= 4 is 0 Å². The summed E-state index contributed by atoms with van der Waals surface area (Å²) in [5.41, 5.74) is 0. The molecule has 0 N–H and O–H groups in total. The molecule has 0 heteroatoms. The maximum absolute atomic E-state index is 2.36. The first-order valence-corrected chi connectivity index (χ1v) is 5.92. The monoisotopic (exact) mass is 182 g/mol. The molecule has 78 valence electrons. The lowest BCUT2D eigenvalue weighted by atomic mass is 10.1. The average molecular weight is 182 g/mol. The van der Waals surface area contributed by atoms with Crippen molar-refractivity contribution < 1.29 is 0 Å². The van der Waals surface area contributed by atoms with Gasteiger partial charge >= 0.3 is 0 Å². The Morgan fingerprint density at radius 2 is 1.54 bits per heavy atom. The molecule has 0 saturated carbocycles. The third kappa shape index (κ3) is 11.7. The molecule has 0 unspecified atom stereocenters. The topological polar surface area (TPSA) is 0 Å². The van der Waals surface area contributed by atoms with Gasteiger partial charge in [0.2, 0.25) is 0 Å². The Bertz CT molecular complexity index is 111. The van der Waals surface area contributed by atoms with Crippen LogP contribution in [0.25, 0.3) is 0 Å². The van der Waals surface area contributed by atoms with E-state index in [9.17, 15) is 0 Å². The Morgan fingerprint density at radius 3 is 2.08 bits per heavy atom. The van der Waals surface area contributed by atoms with Gasteiger partial charge < -0.3 is 0 Å². The van der Waals surface area contributed by atoms with Gasteiger partial charge in [0.15, 0.2) is 0 Å². The second-order valence-corrected chi connectivity index (χ2v) is 4.29. The molecule has 0 heterocycles. The molecule has 0 aromatic rings. The van der Waals surface area contributed by atoms with Crippen LogP contribution in [0, 0.1) is 5.92 Å². The maximum Gasteiger partial charge on any atom is -0.0351 e. The first-order chi connectivity index (χ1) is 6.27. The van der Waals surface area contributed by atoms with Crippen LogP contribution in [0.4, 0.5) is 0 Å². The minimum atomic E-state index is 0.879. The fourth-order valence-corrected chi connectivity index (χ4v) is 1.37. The third-order valence-corrected chi connectivity index (χ3v) is 2.29. The van der Waals surface area contributed by atoms with Crippen molar-refractivity contribution in [2.75, 3.05) is 0 Å². The molecule has 0 fully saturated rings. The summed E-state index contributed by atoms with van der Waals surface area (Å²) in [6.45, 7) is 6.85. The van der Waals surface area contributed by atoms with E-state index < -0.39 is 0 Å². The Labute approximate surface area is 84.4 Å². The van der Waals surface area contributed by atoms with Gasteiger partial charge in [0.25, 0.3) is 0 Å². The van der Waals surface area contributed by atoms with Crippen molar-refractivity contribution in [1.82, 2.24) is 0 Å². The molecule has 0 aromatic heterocycles. The zero-order chi connectivity index (χ0) is 9.94. The number of hydrogen-bond donors (Lipinski definition) is 0. The van der Waals surface area contributed by atoms with Crippen molar-refractivity contribution in [1.29, 1.82) is 0 Å². The van der Waals surface area contributed by atoms with E-state index in [0.717, 1.165) is 5.92 Å². The molecule has 0 radical (unpaired) electrons. The van der Waals surface area contributed by atoms with Crippen LogP contribution in [0.1, 0.15) is 65.7 Å². The van der Waals surface area contributed by atoms with Crippen molar-refractivity contribution in [3.8, 4) is 0 Å². The second-order valence-electron chi connectivity index (χ2n) is 4.29. The van der Waals surface area contributed by atoms with Gasteiger partial charge in [-0.15, -0.1) is 0 Å².